The summed E-state index contributed by atoms with van der Waals surface area (Å²) < 4.78 is 0. The van der Waals surface area contributed by atoms with Crippen LogP contribution in [-0.2, 0) is 6.54 Å². The minimum atomic E-state index is -0.343. The molecule has 1 fully saturated rings. The number of nitrogens with zero attached hydrogens (tertiary/aromatic N) is 3. The van der Waals surface area contributed by atoms with Crippen molar-refractivity contribution in [2.45, 2.75) is 25.8 Å². The van der Waals surface area contributed by atoms with E-state index in [1.165, 1.54) is 16.2 Å². The Morgan fingerprint density at radius 1 is 1.42 bits per heavy atom. The summed E-state index contributed by atoms with van der Waals surface area (Å²) in [4.78, 5) is 25.9. The predicted molar refractivity (Wildman–Crippen MR) is 97.6 cm³/mol. The van der Waals surface area contributed by atoms with Crippen LogP contribution < -0.4 is 5.73 Å². The number of primary amides is 1. The van der Waals surface area contributed by atoms with E-state index in [0.29, 0.717) is 10.8 Å². The fraction of sp³-hybridized carbons (Fsp3) is 0.353. The number of rotatable bonds is 4. The molecule has 0 saturated carbocycles. The highest BCUT2D eigenvalue weighted by Gasteiger charge is 2.30. The summed E-state index contributed by atoms with van der Waals surface area (Å²) in [6.45, 7) is 4.92. The molecular weight excluding hydrogens is 340 g/mol. The summed E-state index contributed by atoms with van der Waals surface area (Å²) in [5.74, 6) is -0.0102. The van der Waals surface area contributed by atoms with E-state index in [2.05, 4.69) is 20.9 Å². The lowest BCUT2D eigenvalue weighted by atomic mass is 9.95. The maximum Gasteiger partial charge on any atom is 0.259 e. The SMILES string of the molecule is Cc1ncc(CN2CC[C@H](c3c(C(N)=O)sc4ncccc34)C2)s1. The smallest absolute Gasteiger partial charge is 0.259 e. The molecule has 0 spiro atoms. The van der Waals surface area contributed by atoms with Gasteiger partial charge in [0.2, 0.25) is 0 Å². The van der Waals surface area contributed by atoms with Gasteiger partial charge in [-0.3, -0.25) is 9.69 Å². The van der Waals surface area contributed by atoms with Crippen LogP contribution in [0.1, 0.15) is 37.5 Å². The molecule has 1 aliphatic rings. The lowest BCUT2D eigenvalue weighted by Gasteiger charge is -2.15. The van der Waals surface area contributed by atoms with Gasteiger partial charge in [-0.05, 0) is 31.5 Å². The molecule has 4 heterocycles. The maximum atomic E-state index is 11.9. The van der Waals surface area contributed by atoms with Gasteiger partial charge >= 0.3 is 0 Å². The van der Waals surface area contributed by atoms with Crippen molar-refractivity contribution in [3.8, 4) is 0 Å². The Hall–Kier alpha value is -1.83. The molecule has 0 radical (unpaired) electrons. The number of amides is 1. The molecule has 124 valence electrons. The van der Waals surface area contributed by atoms with Gasteiger partial charge < -0.3 is 5.73 Å². The molecular formula is C17H18N4OS2. The number of aromatic nitrogens is 2. The zero-order chi connectivity index (χ0) is 16.7. The number of thiazole rings is 1. The molecule has 1 atom stereocenters. The Labute approximate surface area is 148 Å². The predicted octanol–water partition coefficient (Wildman–Crippen LogP) is 3.15. The zero-order valence-corrected chi connectivity index (χ0v) is 15.0. The van der Waals surface area contributed by atoms with Crippen molar-refractivity contribution in [1.82, 2.24) is 14.9 Å². The third-order valence-corrected chi connectivity index (χ3v) is 6.50. The Morgan fingerprint density at radius 2 is 2.29 bits per heavy atom. The van der Waals surface area contributed by atoms with Crippen molar-refractivity contribution in [1.29, 1.82) is 0 Å². The molecule has 1 saturated heterocycles. The number of hydrogen-bond acceptors (Lipinski definition) is 6. The number of fused-ring (bicyclic) bond motifs is 1. The monoisotopic (exact) mass is 358 g/mol. The van der Waals surface area contributed by atoms with Gasteiger partial charge in [0.25, 0.3) is 5.91 Å². The van der Waals surface area contributed by atoms with Crippen molar-refractivity contribution >= 4 is 38.8 Å². The topological polar surface area (TPSA) is 72.1 Å². The second-order valence-corrected chi connectivity index (χ2v) is 8.45. The van der Waals surface area contributed by atoms with Gasteiger partial charge in [0, 0.05) is 41.7 Å². The second kappa shape index (κ2) is 6.23. The first-order valence-corrected chi connectivity index (χ1v) is 9.56. The number of carbonyl (C=O) groups excluding carboxylic acids is 1. The first kappa shape index (κ1) is 15.7. The number of hydrogen-bond donors (Lipinski definition) is 1. The molecule has 5 nitrogen and oxygen atoms in total. The highest BCUT2D eigenvalue weighted by atomic mass is 32.1. The average Bonchev–Trinajstić information content (AvgIpc) is 3.25. The van der Waals surface area contributed by atoms with Gasteiger partial charge in [0.15, 0.2) is 0 Å². The lowest BCUT2D eigenvalue weighted by molar-refractivity contribution is 0.100. The fourth-order valence-electron chi connectivity index (χ4n) is 3.45. The molecule has 1 amide bonds. The van der Waals surface area contributed by atoms with E-state index in [-0.39, 0.29) is 5.91 Å². The number of pyridine rings is 1. The van der Waals surface area contributed by atoms with Gasteiger partial charge in [-0.2, -0.15) is 0 Å². The Bertz CT molecular complexity index is 901. The number of carbonyl (C=O) groups is 1. The fourth-order valence-corrected chi connectivity index (χ4v) is 5.37. The summed E-state index contributed by atoms with van der Waals surface area (Å²) in [5, 5.41) is 2.18. The largest absolute Gasteiger partial charge is 0.365 e. The van der Waals surface area contributed by atoms with Crippen LogP contribution >= 0.6 is 22.7 Å². The van der Waals surface area contributed by atoms with Gasteiger partial charge in [-0.25, -0.2) is 9.97 Å². The number of aryl methyl sites for hydroxylation is 1. The number of likely N-dealkylation sites (tertiary alicyclic amines) is 1. The number of nitrogens with two attached hydrogens (primary N) is 1. The molecule has 2 N–H and O–H groups in total. The van der Waals surface area contributed by atoms with Crippen LogP contribution in [0.2, 0.25) is 0 Å². The van der Waals surface area contributed by atoms with Crippen molar-refractivity contribution in [2.75, 3.05) is 13.1 Å². The van der Waals surface area contributed by atoms with E-state index in [9.17, 15) is 4.79 Å². The highest BCUT2D eigenvalue weighted by molar-refractivity contribution is 7.20. The van der Waals surface area contributed by atoms with E-state index < -0.39 is 0 Å². The molecule has 0 aromatic carbocycles. The van der Waals surface area contributed by atoms with E-state index in [0.717, 1.165) is 46.8 Å². The Morgan fingerprint density at radius 3 is 3.04 bits per heavy atom. The van der Waals surface area contributed by atoms with Crippen LogP contribution in [0.25, 0.3) is 10.2 Å². The average molecular weight is 358 g/mol. The minimum Gasteiger partial charge on any atom is -0.365 e. The van der Waals surface area contributed by atoms with Crippen LogP contribution in [0, 0.1) is 6.92 Å². The normalized spacial score (nSPS) is 18.5. The molecule has 24 heavy (non-hydrogen) atoms. The second-order valence-electron chi connectivity index (χ2n) is 6.13. The van der Waals surface area contributed by atoms with E-state index >= 15 is 0 Å². The van der Waals surface area contributed by atoms with E-state index in [1.807, 2.05) is 19.2 Å². The third-order valence-electron chi connectivity index (χ3n) is 4.46. The summed E-state index contributed by atoms with van der Waals surface area (Å²) in [5.41, 5.74) is 6.73. The first-order chi connectivity index (χ1) is 11.6. The van der Waals surface area contributed by atoms with Crippen LogP contribution in [-0.4, -0.2) is 33.9 Å². The number of thiophene rings is 1. The van der Waals surface area contributed by atoms with Gasteiger partial charge in [0.1, 0.15) is 4.83 Å². The van der Waals surface area contributed by atoms with Crippen LogP contribution in [0.3, 0.4) is 0 Å². The Kier molecular flexibility index (Phi) is 4.07. The van der Waals surface area contributed by atoms with E-state index in [1.54, 1.807) is 17.5 Å². The molecule has 3 aromatic heterocycles. The summed E-state index contributed by atoms with van der Waals surface area (Å²) in [6.07, 6.45) is 4.77. The van der Waals surface area contributed by atoms with Gasteiger partial charge in [-0.1, -0.05) is 6.07 Å². The van der Waals surface area contributed by atoms with Crippen LogP contribution in [0.4, 0.5) is 0 Å². The zero-order valence-electron chi connectivity index (χ0n) is 13.4. The van der Waals surface area contributed by atoms with Gasteiger partial charge in [-0.15, -0.1) is 22.7 Å². The highest BCUT2D eigenvalue weighted by Crippen LogP contribution is 2.39. The third kappa shape index (κ3) is 2.83. The molecule has 3 aromatic rings. The van der Waals surface area contributed by atoms with Crippen molar-refractivity contribution < 1.29 is 4.79 Å². The minimum absolute atomic E-state index is 0.333. The molecule has 1 aliphatic heterocycles. The molecule has 0 bridgehead atoms. The van der Waals surface area contributed by atoms with Crippen LogP contribution in [0.5, 0.6) is 0 Å². The van der Waals surface area contributed by atoms with Crippen LogP contribution in [0.15, 0.2) is 24.5 Å². The first-order valence-electron chi connectivity index (χ1n) is 7.92. The van der Waals surface area contributed by atoms with Gasteiger partial charge in [0.05, 0.1) is 9.88 Å². The Balaban J connectivity index is 1.61. The molecule has 0 unspecified atom stereocenters. The summed E-state index contributed by atoms with van der Waals surface area (Å²) >= 11 is 3.16. The quantitative estimate of drug-likeness (QED) is 0.778. The molecule has 0 aliphatic carbocycles. The lowest BCUT2D eigenvalue weighted by Crippen LogP contribution is -2.20. The molecule has 7 heteroatoms. The summed E-state index contributed by atoms with van der Waals surface area (Å²) in [6, 6.07) is 3.98. The van der Waals surface area contributed by atoms with E-state index in [4.69, 9.17) is 5.73 Å². The summed E-state index contributed by atoms with van der Waals surface area (Å²) in [7, 11) is 0. The van der Waals surface area contributed by atoms with Crippen molar-refractivity contribution in [3.05, 3.63) is 44.9 Å². The maximum absolute atomic E-state index is 11.9. The standard InChI is InChI=1S/C17H18N4OS2/c1-10-20-7-12(23-10)9-21-6-4-11(8-21)14-13-3-2-5-19-17(13)24-15(14)16(18)22/h2-3,5,7,11H,4,6,8-9H2,1H3,(H2,18,22)/t11-/m0/s1. The van der Waals surface area contributed by atoms with Crippen molar-refractivity contribution in [2.24, 2.45) is 5.73 Å². The molecule has 4 rings (SSSR count). The van der Waals surface area contributed by atoms with Crippen molar-refractivity contribution in [3.63, 3.8) is 0 Å².